The van der Waals surface area contributed by atoms with Crippen LogP contribution in [0.4, 0.5) is 0 Å². The molecule has 0 atom stereocenters. The second-order valence-electron chi connectivity index (χ2n) is 14.4. The molecule has 0 saturated heterocycles. The van der Waals surface area contributed by atoms with Crippen LogP contribution in [0, 0.1) is 0 Å². The topological polar surface area (TPSA) is 0 Å². The van der Waals surface area contributed by atoms with Crippen LogP contribution in [0.3, 0.4) is 0 Å². The second-order valence-corrected chi connectivity index (χ2v) is 14.4. The van der Waals surface area contributed by atoms with E-state index in [4.69, 9.17) is 0 Å². The minimum atomic E-state index is 0. The van der Waals surface area contributed by atoms with E-state index in [2.05, 4.69) is 255 Å². The number of rotatable bonds is 8. The van der Waals surface area contributed by atoms with Crippen molar-refractivity contribution in [1.82, 2.24) is 0 Å². The molecule has 0 radical (unpaired) electrons. The summed E-state index contributed by atoms with van der Waals surface area (Å²) in [7, 11) is 0. The Kier molecular flexibility index (Phi) is 12.2. The number of benzene rings is 8. The van der Waals surface area contributed by atoms with Crippen molar-refractivity contribution >= 4 is 0 Å². The molecule has 59 heavy (non-hydrogen) atoms. The molecule has 0 amide bonds. The van der Waals surface area contributed by atoms with Gasteiger partial charge in [-0.2, -0.15) is 42.0 Å². The SMILES string of the molecule is [Ni].c1ccc(-[c-]2[cH-][c-](-c3ccccc3)[c-](-c3ccccc3)[c-]2-c2ccccc2)cc1.c1ccc(-c2c[c-](-c3ccccc3)c(-c3ccccc3)c2-c2ccccc2)cc1. The summed E-state index contributed by atoms with van der Waals surface area (Å²) in [4.78, 5) is 0. The summed E-state index contributed by atoms with van der Waals surface area (Å²) < 4.78 is 0. The van der Waals surface area contributed by atoms with Crippen molar-refractivity contribution in [2.24, 2.45) is 0 Å². The Morgan fingerprint density at radius 3 is 0.983 bits per heavy atom. The maximum absolute atomic E-state index is 2.36. The van der Waals surface area contributed by atoms with Crippen LogP contribution in [-0.4, -0.2) is 0 Å². The van der Waals surface area contributed by atoms with Gasteiger partial charge < -0.3 is 51.6 Å². The van der Waals surface area contributed by atoms with Gasteiger partial charge in [-0.15, -0.1) is 29.8 Å². The molecular weight excluding hydrogens is 755 g/mol. The largest absolute Gasteiger partial charge is 0.533 e. The van der Waals surface area contributed by atoms with Crippen molar-refractivity contribution in [3.63, 3.8) is 0 Å². The van der Waals surface area contributed by atoms with Gasteiger partial charge in [0.2, 0.25) is 0 Å². The van der Waals surface area contributed by atoms with E-state index in [0.717, 1.165) is 0 Å². The molecule has 0 heterocycles. The Morgan fingerprint density at radius 1 is 0.288 bits per heavy atom. The van der Waals surface area contributed by atoms with E-state index in [1.54, 1.807) is 0 Å². The van der Waals surface area contributed by atoms with Gasteiger partial charge in [0.25, 0.3) is 0 Å². The van der Waals surface area contributed by atoms with Gasteiger partial charge in [-0.3, -0.25) is 5.56 Å². The van der Waals surface area contributed by atoms with Gasteiger partial charge in [0, 0.05) is 16.5 Å². The molecule has 0 aliphatic rings. The standard InChI is InChI=1S/2C29H21.Ni/c2*1-5-13-22(14-6-1)26-21-27(23-15-7-2-8-16-23)29(25-19-11-4-12-20-25)28(26)24-17-9-3-10-18-24;/h2*1-21H;/q-5;-1;. The van der Waals surface area contributed by atoms with E-state index >= 15 is 0 Å². The van der Waals surface area contributed by atoms with Crippen molar-refractivity contribution in [3.8, 4) is 89.0 Å². The average Bonchev–Trinajstić information content (AvgIpc) is 3.93. The molecule has 0 unspecified atom stereocenters. The first-order valence-electron chi connectivity index (χ1n) is 19.9. The molecule has 0 spiro atoms. The predicted molar refractivity (Wildman–Crippen MR) is 248 cm³/mol. The smallest absolute Gasteiger partial charge is 0 e. The summed E-state index contributed by atoms with van der Waals surface area (Å²) in [5, 5.41) is 0. The first kappa shape index (κ1) is 38.8. The van der Waals surface area contributed by atoms with Gasteiger partial charge in [-0.1, -0.05) is 215 Å². The van der Waals surface area contributed by atoms with Crippen molar-refractivity contribution in [2.45, 2.75) is 0 Å². The quantitative estimate of drug-likeness (QED) is 0.106. The molecule has 290 valence electrons. The zero-order valence-corrected chi connectivity index (χ0v) is 33.6. The average molecular weight is 798 g/mol. The maximum atomic E-state index is 2.36. The number of hydrogen-bond donors (Lipinski definition) is 0. The van der Waals surface area contributed by atoms with Crippen LogP contribution in [0.1, 0.15) is 0 Å². The Bertz CT molecular complexity index is 2410. The molecule has 0 bridgehead atoms. The monoisotopic (exact) mass is 796 g/mol. The molecule has 0 aromatic heterocycles. The summed E-state index contributed by atoms with van der Waals surface area (Å²) in [5.41, 5.74) is 20.2. The predicted octanol–water partition coefficient (Wildman–Crippen LogP) is 16.1. The fraction of sp³-hybridized carbons (Fsp3) is 0. The van der Waals surface area contributed by atoms with Gasteiger partial charge in [-0.25, -0.2) is 0 Å². The molecule has 0 aliphatic heterocycles. The van der Waals surface area contributed by atoms with Crippen LogP contribution in [0.25, 0.3) is 89.0 Å². The molecule has 0 fully saturated rings. The third-order valence-corrected chi connectivity index (χ3v) is 10.7. The molecule has 0 aliphatic carbocycles. The fourth-order valence-electron chi connectivity index (χ4n) is 8.12. The van der Waals surface area contributed by atoms with E-state index in [1.165, 1.54) is 89.0 Å². The van der Waals surface area contributed by atoms with Gasteiger partial charge in [0.15, 0.2) is 0 Å². The molecular formula is C58H42Ni-6. The molecule has 1 heteroatoms. The van der Waals surface area contributed by atoms with Crippen LogP contribution in [0.2, 0.25) is 0 Å². The van der Waals surface area contributed by atoms with E-state index < -0.39 is 0 Å². The Hall–Kier alpha value is -7.05. The Labute approximate surface area is 358 Å². The second kappa shape index (κ2) is 18.5. The van der Waals surface area contributed by atoms with Gasteiger partial charge in [0.1, 0.15) is 0 Å². The zero-order valence-electron chi connectivity index (χ0n) is 32.6. The van der Waals surface area contributed by atoms with Gasteiger partial charge in [0.05, 0.1) is 0 Å². The zero-order chi connectivity index (χ0) is 38.9. The summed E-state index contributed by atoms with van der Waals surface area (Å²) in [6.45, 7) is 0. The third kappa shape index (κ3) is 8.35. The number of hydrogen-bond acceptors (Lipinski definition) is 0. The first-order chi connectivity index (χ1) is 28.8. The normalized spacial score (nSPS) is 10.6. The minimum absolute atomic E-state index is 0. The molecule has 10 aromatic rings. The van der Waals surface area contributed by atoms with E-state index in [0.29, 0.717) is 0 Å². The van der Waals surface area contributed by atoms with Crippen molar-refractivity contribution in [2.75, 3.05) is 0 Å². The van der Waals surface area contributed by atoms with Crippen LogP contribution < -0.4 is 0 Å². The van der Waals surface area contributed by atoms with Crippen LogP contribution in [0.15, 0.2) is 255 Å². The van der Waals surface area contributed by atoms with Crippen LogP contribution in [-0.2, 0) is 16.5 Å². The summed E-state index contributed by atoms with van der Waals surface area (Å²) in [6.07, 6.45) is 0. The van der Waals surface area contributed by atoms with Crippen molar-refractivity contribution < 1.29 is 16.5 Å². The third-order valence-electron chi connectivity index (χ3n) is 10.7. The van der Waals surface area contributed by atoms with Gasteiger partial charge in [-0.05, 0) is 0 Å². The fourth-order valence-corrected chi connectivity index (χ4v) is 8.12. The van der Waals surface area contributed by atoms with E-state index in [9.17, 15) is 0 Å². The molecule has 0 saturated carbocycles. The van der Waals surface area contributed by atoms with Crippen LogP contribution >= 0.6 is 0 Å². The molecule has 0 nitrogen and oxygen atoms in total. The summed E-state index contributed by atoms with van der Waals surface area (Å²) >= 11 is 0. The van der Waals surface area contributed by atoms with Crippen LogP contribution in [0.5, 0.6) is 0 Å². The molecule has 10 aromatic carbocycles. The van der Waals surface area contributed by atoms with Crippen molar-refractivity contribution in [3.05, 3.63) is 255 Å². The first-order valence-corrected chi connectivity index (χ1v) is 19.9. The van der Waals surface area contributed by atoms with E-state index in [1.807, 2.05) is 0 Å². The summed E-state index contributed by atoms with van der Waals surface area (Å²) in [5.74, 6) is 0. The minimum Gasteiger partial charge on any atom is -0.533 e. The van der Waals surface area contributed by atoms with E-state index in [-0.39, 0.29) is 16.5 Å². The Morgan fingerprint density at radius 2 is 0.593 bits per heavy atom. The summed E-state index contributed by atoms with van der Waals surface area (Å²) in [6, 6.07) is 90.5. The maximum Gasteiger partial charge on any atom is 0 e. The molecule has 0 N–H and O–H groups in total. The molecule has 10 rings (SSSR count). The van der Waals surface area contributed by atoms with Gasteiger partial charge >= 0.3 is 0 Å². The van der Waals surface area contributed by atoms with Crippen molar-refractivity contribution in [1.29, 1.82) is 0 Å². The Balaban J connectivity index is 0.000000161.